The number of thiophene rings is 1. The fraction of sp³-hybridized carbons (Fsp3) is 0.133. The molecule has 0 aliphatic rings. The number of carbonyl (C=O) groups excluding carboxylic acids is 2. The summed E-state index contributed by atoms with van der Waals surface area (Å²) in [5.41, 5.74) is 4.61. The number of amides is 2. The Balaban J connectivity index is 1.33. The molecule has 0 unspecified atom stereocenters. The van der Waals surface area contributed by atoms with Crippen LogP contribution in [-0.4, -0.2) is 26.8 Å². The first-order valence-electron chi connectivity index (χ1n) is 12.2. The Bertz CT molecular complexity index is 1750. The summed E-state index contributed by atoms with van der Waals surface area (Å²) in [5, 5.41) is 15.3. The molecule has 0 spiro atoms. The number of nitrogens with one attached hydrogen (secondary N) is 2. The van der Waals surface area contributed by atoms with Crippen molar-refractivity contribution in [2.75, 3.05) is 10.6 Å². The van der Waals surface area contributed by atoms with E-state index in [-0.39, 0.29) is 11.8 Å². The highest BCUT2D eigenvalue weighted by Gasteiger charge is 2.21. The first-order chi connectivity index (χ1) is 18.7. The van der Waals surface area contributed by atoms with Crippen molar-refractivity contribution in [3.63, 3.8) is 0 Å². The third kappa shape index (κ3) is 5.51. The van der Waals surface area contributed by atoms with E-state index in [1.165, 1.54) is 11.3 Å². The second-order valence-corrected chi connectivity index (χ2v) is 10.6. The molecule has 9 heteroatoms. The van der Waals surface area contributed by atoms with Crippen LogP contribution in [0.5, 0.6) is 0 Å². The molecule has 3 aromatic heterocycles. The van der Waals surface area contributed by atoms with Crippen LogP contribution >= 0.6 is 11.3 Å². The second-order valence-electron chi connectivity index (χ2n) is 9.55. The van der Waals surface area contributed by atoms with Gasteiger partial charge in [0.15, 0.2) is 0 Å². The molecule has 0 fully saturated rings. The minimum absolute atomic E-state index is 0.291. The molecule has 0 atom stereocenters. The lowest BCUT2D eigenvalue weighted by Gasteiger charge is -2.16. The van der Waals surface area contributed by atoms with Crippen LogP contribution in [0.2, 0.25) is 0 Å². The van der Waals surface area contributed by atoms with Gasteiger partial charge in [0, 0.05) is 34.9 Å². The maximum atomic E-state index is 13.1. The Morgan fingerprint density at radius 3 is 2.59 bits per heavy atom. The van der Waals surface area contributed by atoms with Gasteiger partial charge in [-0.2, -0.15) is 5.26 Å². The molecule has 0 saturated heterocycles. The van der Waals surface area contributed by atoms with E-state index in [1.54, 1.807) is 68.8 Å². The van der Waals surface area contributed by atoms with E-state index in [4.69, 9.17) is 0 Å². The van der Waals surface area contributed by atoms with Gasteiger partial charge >= 0.3 is 0 Å². The number of nitrogens with zero attached hydrogens (tertiary/aromatic N) is 4. The summed E-state index contributed by atoms with van der Waals surface area (Å²) >= 11 is 1.26. The molecule has 0 aliphatic carbocycles. The number of fused-ring (bicyclic) bond motifs is 1. The van der Waals surface area contributed by atoms with Crippen LogP contribution in [0.4, 0.5) is 11.4 Å². The Labute approximate surface area is 229 Å². The average Bonchev–Trinajstić information content (AvgIpc) is 3.39. The molecule has 3 heterocycles. The van der Waals surface area contributed by atoms with E-state index >= 15 is 0 Å². The van der Waals surface area contributed by atoms with Crippen LogP contribution in [0.15, 0.2) is 79.3 Å². The summed E-state index contributed by atoms with van der Waals surface area (Å²) in [7, 11) is 0. The van der Waals surface area contributed by atoms with E-state index in [2.05, 4.69) is 31.7 Å². The van der Waals surface area contributed by atoms with E-state index in [0.29, 0.717) is 37.9 Å². The lowest BCUT2D eigenvalue weighted by molar-refractivity contribution is 0.102. The van der Waals surface area contributed by atoms with Crippen LogP contribution in [0, 0.1) is 18.3 Å². The van der Waals surface area contributed by atoms with Gasteiger partial charge in [0.1, 0.15) is 10.3 Å². The zero-order valence-corrected chi connectivity index (χ0v) is 22.3. The molecule has 0 bridgehead atoms. The van der Waals surface area contributed by atoms with Crippen molar-refractivity contribution in [2.45, 2.75) is 26.2 Å². The van der Waals surface area contributed by atoms with Gasteiger partial charge in [-0.05, 0) is 74.4 Å². The Morgan fingerprint density at radius 2 is 1.82 bits per heavy atom. The minimum Gasteiger partial charge on any atom is -0.322 e. The third-order valence-corrected chi connectivity index (χ3v) is 7.31. The van der Waals surface area contributed by atoms with Gasteiger partial charge in [-0.3, -0.25) is 19.6 Å². The zero-order chi connectivity index (χ0) is 27.6. The molecule has 8 nitrogen and oxygen atoms in total. The molecule has 5 rings (SSSR count). The van der Waals surface area contributed by atoms with Gasteiger partial charge in [0.25, 0.3) is 11.8 Å². The Morgan fingerprint density at radius 1 is 0.974 bits per heavy atom. The molecule has 2 aromatic carbocycles. The van der Waals surface area contributed by atoms with Gasteiger partial charge in [-0.15, -0.1) is 11.3 Å². The number of aromatic nitrogens is 3. The molecule has 0 saturated carbocycles. The lowest BCUT2D eigenvalue weighted by Crippen LogP contribution is -2.17. The van der Waals surface area contributed by atoms with Crippen molar-refractivity contribution in [2.24, 2.45) is 0 Å². The van der Waals surface area contributed by atoms with Gasteiger partial charge in [-0.25, -0.2) is 4.98 Å². The maximum absolute atomic E-state index is 13.1. The molecule has 2 N–H and O–H groups in total. The molecular formula is C30H24N6O2S. The fourth-order valence-electron chi connectivity index (χ4n) is 3.91. The van der Waals surface area contributed by atoms with Crippen LogP contribution in [0.25, 0.3) is 21.6 Å². The van der Waals surface area contributed by atoms with Crippen molar-refractivity contribution < 1.29 is 9.59 Å². The minimum atomic E-state index is -0.713. The normalized spacial score (nSPS) is 11.1. The summed E-state index contributed by atoms with van der Waals surface area (Å²) in [6.45, 7) is 5.49. The average molecular weight is 533 g/mol. The van der Waals surface area contributed by atoms with Crippen LogP contribution in [0.1, 0.15) is 45.0 Å². The smallest absolute Gasteiger partial charge is 0.265 e. The lowest BCUT2D eigenvalue weighted by atomic mass is 9.85. The van der Waals surface area contributed by atoms with E-state index < -0.39 is 5.41 Å². The summed E-state index contributed by atoms with van der Waals surface area (Å²) in [5.74, 6) is -0.599. The molecular weight excluding hydrogens is 508 g/mol. The van der Waals surface area contributed by atoms with Crippen molar-refractivity contribution in [3.8, 4) is 17.3 Å². The van der Waals surface area contributed by atoms with E-state index in [9.17, 15) is 14.9 Å². The van der Waals surface area contributed by atoms with Gasteiger partial charge in [0.2, 0.25) is 0 Å². The van der Waals surface area contributed by atoms with Crippen molar-refractivity contribution >= 4 is 44.9 Å². The number of carbonyl (C=O) groups is 2. The van der Waals surface area contributed by atoms with E-state index in [1.807, 2.05) is 31.2 Å². The number of hydrogen-bond donors (Lipinski definition) is 2. The van der Waals surface area contributed by atoms with Crippen molar-refractivity contribution in [3.05, 3.63) is 101 Å². The van der Waals surface area contributed by atoms with Crippen molar-refractivity contribution in [1.29, 1.82) is 5.26 Å². The largest absolute Gasteiger partial charge is 0.322 e. The third-order valence-electron chi connectivity index (χ3n) is 6.29. The highest BCUT2D eigenvalue weighted by atomic mass is 32.1. The van der Waals surface area contributed by atoms with Crippen LogP contribution < -0.4 is 10.6 Å². The fourth-order valence-corrected chi connectivity index (χ4v) is 4.80. The molecule has 5 aromatic rings. The summed E-state index contributed by atoms with van der Waals surface area (Å²) in [6, 6.07) is 20.1. The van der Waals surface area contributed by atoms with Gasteiger partial charge in [0.05, 0.1) is 28.3 Å². The zero-order valence-electron chi connectivity index (χ0n) is 21.5. The number of nitriles is 1. The Hall–Kier alpha value is -4.94. The number of aryl methyl sites for hydroxylation is 1. The second kappa shape index (κ2) is 10.4. The Kier molecular flexibility index (Phi) is 6.88. The van der Waals surface area contributed by atoms with Crippen molar-refractivity contribution in [1.82, 2.24) is 15.0 Å². The van der Waals surface area contributed by atoms with Gasteiger partial charge < -0.3 is 10.6 Å². The molecule has 2 amide bonds. The first-order valence-corrected chi connectivity index (χ1v) is 13.0. The van der Waals surface area contributed by atoms with Gasteiger partial charge in [-0.1, -0.05) is 18.2 Å². The predicted molar refractivity (Wildman–Crippen MR) is 153 cm³/mol. The molecule has 39 heavy (non-hydrogen) atoms. The molecule has 0 radical (unpaired) electrons. The molecule has 0 aliphatic heterocycles. The monoisotopic (exact) mass is 532 g/mol. The number of pyridine rings is 1. The summed E-state index contributed by atoms with van der Waals surface area (Å²) < 4.78 is 0. The SMILES string of the molecule is Cc1ccc(NC(=O)c2cccc(C(C)(C)C#N)c2)cc1NC(=O)c1cc2ncc(-c3cccnc3)nc2s1. The topological polar surface area (TPSA) is 121 Å². The summed E-state index contributed by atoms with van der Waals surface area (Å²) in [4.78, 5) is 40.4. The molecule has 192 valence electrons. The highest BCUT2D eigenvalue weighted by molar-refractivity contribution is 7.20. The number of rotatable bonds is 6. The van der Waals surface area contributed by atoms with Crippen LogP contribution in [0.3, 0.4) is 0 Å². The van der Waals surface area contributed by atoms with Crippen LogP contribution in [-0.2, 0) is 5.41 Å². The first kappa shape index (κ1) is 25.7. The predicted octanol–water partition coefficient (Wildman–Crippen LogP) is 6.37. The maximum Gasteiger partial charge on any atom is 0.265 e. The standard InChI is InChI=1S/C30H24N6O2S/c1-18-9-10-22(34-27(37)19-6-4-8-21(12-19)30(2,3)17-31)13-23(18)35-28(38)26-14-24-29(39-26)36-25(16-33-24)20-7-5-11-32-15-20/h4-16H,1-3H3,(H,34,37)(H,35,38). The summed E-state index contributed by atoms with van der Waals surface area (Å²) in [6.07, 6.45) is 5.08. The quantitative estimate of drug-likeness (QED) is 0.262. The van der Waals surface area contributed by atoms with E-state index in [0.717, 1.165) is 16.7 Å². The number of anilines is 2. The number of hydrogen-bond acceptors (Lipinski definition) is 7. The number of benzene rings is 2. The highest BCUT2D eigenvalue weighted by Crippen LogP contribution is 2.28.